The van der Waals surface area contributed by atoms with Crippen molar-refractivity contribution in [1.82, 2.24) is 9.97 Å². The average molecular weight is 247 g/mol. The summed E-state index contributed by atoms with van der Waals surface area (Å²) < 4.78 is 0. The van der Waals surface area contributed by atoms with Gasteiger partial charge in [-0.25, -0.2) is 9.97 Å². The molecule has 0 spiro atoms. The lowest BCUT2D eigenvalue weighted by Crippen LogP contribution is -2.21. The lowest BCUT2D eigenvalue weighted by Gasteiger charge is -2.20. The summed E-state index contributed by atoms with van der Waals surface area (Å²) >= 11 is 0. The van der Waals surface area contributed by atoms with E-state index in [4.69, 9.17) is 0 Å². The van der Waals surface area contributed by atoms with Gasteiger partial charge in [0.1, 0.15) is 11.6 Å². The first-order valence-electron chi connectivity index (χ1n) is 7.02. The van der Waals surface area contributed by atoms with E-state index in [0.717, 1.165) is 29.8 Å². The molecular weight excluding hydrogens is 222 g/mol. The number of nitrogens with one attached hydrogen (secondary N) is 1. The molecule has 0 saturated heterocycles. The van der Waals surface area contributed by atoms with Gasteiger partial charge in [0, 0.05) is 24.2 Å². The second-order valence-corrected chi connectivity index (χ2v) is 6.28. The maximum atomic E-state index is 4.60. The summed E-state index contributed by atoms with van der Waals surface area (Å²) in [6.45, 7) is 12.0. The van der Waals surface area contributed by atoms with Crippen molar-refractivity contribution in [3.05, 3.63) is 17.6 Å². The predicted molar refractivity (Wildman–Crippen MR) is 75.9 cm³/mol. The molecule has 0 bridgehead atoms. The van der Waals surface area contributed by atoms with Crippen LogP contribution in [0.15, 0.2) is 6.07 Å². The molecule has 2 rings (SSSR count). The van der Waals surface area contributed by atoms with E-state index in [0.29, 0.717) is 11.3 Å². The van der Waals surface area contributed by atoms with Crippen LogP contribution in [0.1, 0.15) is 58.0 Å². The normalized spacial score (nSPS) is 17.3. The first kappa shape index (κ1) is 13.3. The van der Waals surface area contributed by atoms with Crippen LogP contribution >= 0.6 is 0 Å². The summed E-state index contributed by atoms with van der Waals surface area (Å²) in [7, 11) is 0. The molecule has 18 heavy (non-hydrogen) atoms. The van der Waals surface area contributed by atoms with Gasteiger partial charge in [0.25, 0.3) is 0 Å². The summed E-state index contributed by atoms with van der Waals surface area (Å²) in [5.74, 6) is 3.05. The van der Waals surface area contributed by atoms with Crippen molar-refractivity contribution in [2.24, 2.45) is 11.3 Å². The van der Waals surface area contributed by atoms with Crippen molar-refractivity contribution >= 4 is 5.82 Å². The first-order chi connectivity index (χ1) is 8.43. The standard InChI is InChI=1S/C15H25N3/c1-10(2)14-17-12(5)8-13(18-14)16-9-15(6-7-15)11(3)4/h8,10-11H,6-7,9H2,1-5H3,(H,16,17,18). The van der Waals surface area contributed by atoms with E-state index in [9.17, 15) is 0 Å². The zero-order chi connectivity index (χ0) is 13.3. The Morgan fingerprint density at radius 2 is 1.89 bits per heavy atom. The number of anilines is 1. The molecule has 1 aromatic heterocycles. The fraction of sp³-hybridized carbons (Fsp3) is 0.733. The Labute approximate surface area is 110 Å². The highest BCUT2D eigenvalue weighted by Crippen LogP contribution is 2.51. The van der Waals surface area contributed by atoms with E-state index in [2.05, 4.69) is 43.0 Å². The Bertz CT molecular complexity index is 420. The van der Waals surface area contributed by atoms with E-state index in [1.165, 1.54) is 12.8 Å². The van der Waals surface area contributed by atoms with E-state index in [-0.39, 0.29) is 0 Å². The second kappa shape index (κ2) is 4.87. The summed E-state index contributed by atoms with van der Waals surface area (Å²) in [4.78, 5) is 9.08. The van der Waals surface area contributed by atoms with Crippen molar-refractivity contribution < 1.29 is 0 Å². The van der Waals surface area contributed by atoms with Gasteiger partial charge in [-0.15, -0.1) is 0 Å². The van der Waals surface area contributed by atoms with Crippen LogP contribution < -0.4 is 5.32 Å². The summed E-state index contributed by atoms with van der Waals surface area (Å²) in [5, 5.41) is 3.51. The first-order valence-corrected chi connectivity index (χ1v) is 7.02. The highest BCUT2D eigenvalue weighted by atomic mass is 15.0. The van der Waals surface area contributed by atoms with Crippen molar-refractivity contribution in [2.75, 3.05) is 11.9 Å². The molecule has 0 aromatic carbocycles. The predicted octanol–water partition coefficient (Wildman–Crippen LogP) is 3.76. The summed E-state index contributed by atoms with van der Waals surface area (Å²) in [6.07, 6.45) is 2.69. The molecule has 1 aromatic rings. The van der Waals surface area contributed by atoms with Gasteiger partial charge in [-0.2, -0.15) is 0 Å². The molecule has 1 aliphatic carbocycles. The van der Waals surface area contributed by atoms with Gasteiger partial charge in [-0.05, 0) is 31.1 Å². The number of aryl methyl sites for hydroxylation is 1. The Morgan fingerprint density at radius 1 is 1.22 bits per heavy atom. The third kappa shape index (κ3) is 2.82. The van der Waals surface area contributed by atoms with Gasteiger partial charge in [0.2, 0.25) is 0 Å². The molecule has 0 unspecified atom stereocenters. The Balaban J connectivity index is 2.05. The molecule has 100 valence electrons. The van der Waals surface area contributed by atoms with Crippen LogP contribution in [0.4, 0.5) is 5.82 Å². The molecule has 0 radical (unpaired) electrons. The molecule has 1 fully saturated rings. The van der Waals surface area contributed by atoms with Crippen LogP contribution in [-0.4, -0.2) is 16.5 Å². The van der Waals surface area contributed by atoms with Crippen LogP contribution in [0.5, 0.6) is 0 Å². The molecule has 1 N–H and O–H groups in total. The van der Waals surface area contributed by atoms with E-state index in [1.54, 1.807) is 0 Å². The van der Waals surface area contributed by atoms with Crippen LogP contribution in [0.3, 0.4) is 0 Å². The summed E-state index contributed by atoms with van der Waals surface area (Å²) in [6, 6.07) is 2.04. The largest absolute Gasteiger partial charge is 0.369 e. The third-order valence-corrected chi connectivity index (χ3v) is 4.13. The van der Waals surface area contributed by atoms with Gasteiger partial charge in [-0.3, -0.25) is 0 Å². The smallest absolute Gasteiger partial charge is 0.133 e. The van der Waals surface area contributed by atoms with Crippen molar-refractivity contribution in [3.8, 4) is 0 Å². The average Bonchev–Trinajstić information content (AvgIpc) is 3.06. The van der Waals surface area contributed by atoms with Gasteiger partial charge < -0.3 is 5.32 Å². The zero-order valence-electron chi connectivity index (χ0n) is 12.2. The third-order valence-electron chi connectivity index (χ3n) is 4.13. The fourth-order valence-electron chi connectivity index (χ4n) is 2.33. The SMILES string of the molecule is Cc1cc(NCC2(C(C)C)CC2)nc(C(C)C)n1. The minimum atomic E-state index is 0.380. The van der Waals surface area contributed by atoms with Gasteiger partial charge in [0.05, 0.1) is 0 Å². The molecule has 3 nitrogen and oxygen atoms in total. The number of nitrogens with zero attached hydrogens (tertiary/aromatic N) is 2. The van der Waals surface area contributed by atoms with Crippen LogP contribution in [-0.2, 0) is 0 Å². The number of hydrogen-bond acceptors (Lipinski definition) is 3. The minimum absolute atomic E-state index is 0.380. The topological polar surface area (TPSA) is 37.8 Å². The van der Waals surface area contributed by atoms with Gasteiger partial charge in [0.15, 0.2) is 0 Å². The lowest BCUT2D eigenvalue weighted by atomic mass is 9.92. The Hall–Kier alpha value is -1.12. The highest BCUT2D eigenvalue weighted by Gasteiger charge is 2.44. The summed E-state index contributed by atoms with van der Waals surface area (Å²) in [5.41, 5.74) is 1.56. The molecule has 0 aliphatic heterocycles. The Kier molecular flexibility index (Phi) is 3.60. The fourth-order valence-corrected chi connectivity index (χ4v) is 2.33. The van der Waals surface area contributed by atoms with Crippen molar-refractivity contribution in [2.45, 2.75) is 53.4 Å². The highest BCUT2D eigenvalue weighted by molar-refractivity contribution is 5.37. The monoisotopic (exact) mass is 247 g/mol. The number of aromatic nitrogens is 2. The quantitative estimate of drug-likeness (QED) is 0.861. The maximum absolute atomic E-state index is 4.60. The van der Waals surface area contributed by atoms with Crippen LogP contribution in [0.2, 0.25) is 0 Å². The van der Waals surface area contributed by atoms with Crippen LogP contribution in [0, 0.1) is 18.3 Å². The number of hydrogen-bond donors (Lipinski definition) is 1. The van der Waals surface area contributed by atoms with Crippen molar-refractivity contribution in [1.29, 1.82) is 0 Å². The van der Waals surface area contributed by atoms with E-state index < -0.39 is 0 Å². The van der Waals surface area contributed by atoms with Crippen molar-refractivity contribution in [3.63, 3.8) is 0 Å². The Morgan fingerprint density at radius 3 is 2.39 bits per heavy atom. The molecular formula is C15H25N3. The number of rotatable bonds is 5. The molecule has 1 saturated carbocycles. The molecule has 1 heterocycles. The van der Waals surface area contributed by atoms with E-state index in [1.807, 2.05) is 13.0 Å². The minimum Gasteiger partial charge on any atom is -0.369 e. The molecule has 1 aliphatic rings. The van der Waals surface area contributed by atoms with Gasteiger partial charge >= 0.3 is 0 Å². The van der Waals surface area contributed by atoms with E-state index >= 15 is 0 Å². The molecule has 0 amide bonds. The maximum Gasteiger partial charge on any atom is 0.133 e. The second-order valence-electron chi connectivity index (χ2n) is 6.28. The van der Waals surface area contributed by atoms with Crippen LogP contribution in [0.25, 0.3) is 0 Å². The zero-order valence-corrected chi connectivity index (χ0v) is 12.2. The lowest BCUT2D eigenvalue weighted by molar-refractivity contribution is 0.379. The van der Waals surface area contributed by atoms with Gasteiger partial charge in [-0.1, -0.05) is 27.7 Å². The molecule has 3 heteroatoms. The molecule has 0 atom stereocenters.